The lowest BCUT2D eigenvalue weighted by atomic mass is 10.1. The molecule has 170 valence electrons. The van der Waals surface area contributed by atoms with Gasteiger partial charge in [-0.15, -0.1) is 21.5 Å². The second kappa shape index (κ2) is 8.14. The molecule has 0 unspecified atom stereocenters. The van der Waals surface area contributed by atoms with E-state index in [-0.39, 0.29) is 0 Å². The average Bonchev–Trinajstić information content (AvgIpc) is 3.54. The van der Waals surface area contributed by atoms with Crippen molar-refractivity contribution in [1.29, 1.82) is 0 Å². The quantitative estimate of drug-likeness (QED) is 0.390. The summed E-state index contributed by atoms with van der Waals surface area (Å²) in [5.41, 5.74) is 0.985. The Hall–Kier alpha value is -3.92. The number of hydrogen-bond acceptors (Lipinski definition) is 6. The van der Waals surface area contributed by atoms with Crippen molar-refractivity contribution in [3.8, 4) is 10.7 Å². The molecule has 0 aliphatic carbocycles. The molecule has 1 saturated heterocycles. The molecule has 0 bridgehead atoms. The fourth-order valence-corrected chi connectivity index (χ4v) is 5.01. The van der Waals surface area contributed by atoms with Crippen molar-refractivity contribution in [2.45, 2.75) is 0 Å². The van der Waals surface area contributed by atoms with Crippen LogP contribution in [-0.2, 0) is 0 Å². The summed E-state index contributed by atoms with van der Waals surface area (Å²) in [4.78, 5) is 22.2. The lowest BCUT2D eigenvalue weighted by Crippen LogP contribution is -2.49. The highest BCUT2D eigenvalue weighted by molar-refractivity contribution is 7.13. The summed E-state index contributed by atoms with van der Waals surface area (Å²) in [6.45, 7) is 1.51. The molecular weight excluding hydrogens is 458 g/mol. The summed E-state index contributed by atoms with van der Waals surface area (Å²) < 4.78 is 30.2. The highest BCUT2D eigenvalue weighted by Crippen LogP contribution is 2.31. The number of aromatic nitrogens is 4. The summed E-state index contributed by atoms with van der Waals surface area (Å²) in [5.74, 6) is -0.974. The van der Waals surface area contributed by atoms with E-state index in [0.717, 1.165) is 27.9 Å². The first-order valence-corrected chi connectivity index (χ1v) is 11.7. The molecule has 0 spiro atoms. The zero-order chi connectivity index (χ0) is 23.2. The van der Waals surface area contributed by atoms with Gasteiger partial charge in [0.25, 0.3) is 5.91 Å². The number of halogens is 2. The second-order valence-electron chi connectivity index (χ2n) is 7.96. The molecular formula is C24H18F2N6OS. The fraction of sp³-hybridized carbons (Fsp3) is 0.167. The molecule has 2 aromatic carbocycles. The van der Waals surface area contributed by atoms with Crippen LogP contribution < -0.4 is 4.90 Å². The first kappa shape index (κ1) is 20.7. The lowest BCUT2D eigenvalue weighted by molar-refractivity contribution is 0.0736. The molecule has 5 aromatic rings. The molecule has 7 nitrogen and oxygen atoms in total. The van der Waals surface area contributed by atoms with Crippen molar-refractivity contribution in [2.24, 2.45) is 0 Å². The maximum atomic E-state index is 14.1. The number of nitrogens with zero attached hydrogens (tertiary/aromatic N) is 6. The molecule has 1 amide bonds. The molecule has 6 rings (SSSR count). The van der Waals surface area contributed by atoms with Crippen LogP contribution in [0.4, 0.5) is 14.7 Å². The standard InChI is InChI=1S/C24H18F2N6OS/c25-16-6-3-7-17(26)20(16)23(33)30-10-12-31(13-11-30)24-27-18-8-2-1-5-15(18)21-28-29-22(32(21)24)19-9-4-14-34-19/h1-9,14H,10-13H2. The minimum atomic E-state index is -0.851. The molecule has 1 aliphatic rings. The van der Waals surface area contributed by atoms with E-state index in [1.165, 1.54) is 11.0 Å². The van der Waals surface area contributed by atoms with Crippen LogP contribution in [0.3, 0.4) is 0 Å². The number of para-hydroxylation sites is 1. The molecule has 0 atom stereocenters. The Morgan fingerprint density at radius 2 is 1.65 bits per heavy atom. The number of anilines is 1. The average molecular weight is 477 g/mol. The number of hydrogen-bond donors (Lipinski definition) is 0. The van der Waals surface area contributed by atoms with Gasteiger partial charge in [0.15, 0.2) is 11.5 Å². The van der Waals surface area contributed by atoms with Gasteiger partial charge in [0.1, 0.15) is 17.2 Å². The third kappa shape index (κ3) is 3.29. The van der Waals surface area contributed by atoms with Crippen molar-refractivity contribution in [2.75, 3.05) is 31.1 Å². The van der Waals surface area contributed by atoms with Crippen LogP contribution in [-0.4, -0.2) is 56.6 Å². The third-order valence-corrected chi connectivity index (χ3v) is 6.86. The monoisotopic (exact) mass is 476 g/mol. The highest BCUT2D eigenvalue weighted by atomic mass is 32.1. The van der Waals surface area contributed by atoms with Crippen LogP contribution in [0.1, 0.15) is 10.4 Å². The first-order chi connectivity index (χ1) is 16.6. The predicted octanol–water partition coefficient (Wildman–Crippen LogP) is 4.25. The van der Waals surface area contributed by atoms with E-state index in [4.69, 9.17) is 4.98 Å². The van der Waals surface area contributed by atoms with E-state index in [0.29, 0.717) is 43.6 Å². The number of piperazine rings is 1. The molecule has 4 heterocycles. The second-order valence-corrected chi connectivity index (χ2v) is 8.91. The molecule has 1 fully saturated rings. The number of amides is 1. The van der Waals surface area contributed by atoms with Gasteiger partial charge < -0.3 is 9.80 Å². The predicted molar refractivity (Wildman–Crippen MR) is 126 cm³/mol. The van der Waals surface area contributed by atoms with Crippen molar-refractivity contribution in [3.05, 3.63) is 77.2 Å². The largest absolute Gasteiger partial charge is 0.338 e. The van der Waals surface area contributed by atoms with Gasteiger partial charge in [-0.25, -0.2) is 18.2 Å². The summed E-state index contributed by atoms with van der Waals surface area (Å²) in [7, 11) is 0. The number of rotatable bonds is 3. The molecule has 0 saturated carbocycles. The van der Waals surface area contributed by atoms with Crippen LogP contribution in [0, 0.1) is 11.6 Å². The van der Waals surface area contributed by atoms with Crippen LogP contribution in [0.5, 0.6) is 0 Å². The number of carbonyl (C=O) groups excluding carboxylic acids is 1. The Bertz CT molecular complexity index is 1510. The SMILES string of the molecule is O=C(c1c(F)cccc1F)N1CCN(c2nc3ccccc3c3nnc(-c4cccs4)n23)CC1. The summed E-state index contributed by atoms with van der Waals surface area (Å²) in [6, 6.07) is 15.1. The van der Waals surface area contributed by atoms with Gasteiger partial charge in [0.2, 0.25) is 5.95 Å². The zero-order valence-electron chi connectivity index (χ0n) is 17.9. The smallest absolute Gasteiger partial charge is 0.259 e. The van der Waals surface area contributed by atoms with Gasteiger partial charge in [-0.05, 0) is 35.7 Å². The number of thiophene rings is 1. The van der Waals surface area contributed by atoms with Gasteiger partial charge in [-0.2, -0.15) is 0 Å². The van der Waals surface area contributed by atoms with Crippen molar-refractivity contribution >= 4 is 39.7 Å². The van der Waals surface area contributed by atoms with Crippen LogP contribution in [0.25, 0.3) is 27.3 Å². The van der Waals surface area contributed by atoms with Crippen molar-refractivity contribution in [3.63, 3.8) is 0 Å². The van der Waals surface area contributed by atoms with Gasteiger partial charge in [0, 0.05) is 31.6 Å². The Morgan fingerprint density at radius 1 is 0.882 bits per heavy atom. The number of benzene rings is 2. The Kier molecular flexibility index (Phi) is 4.95. The van der Waals surface area contributed by atoms with E-state index in [9.17, 15) is 13.6 Å². The molecule has 3 aromatic heterocycles. The Labute approximate surface area is 196 Å². The lowest BCUT2D eigenvalue weighted by Gasteiger charge is -2.35. The fourth-order valence-electron chi connectivity index (χ4n) is 4.31. The van der Waals surface area contributed by atoms with Crippen molar-refractivity contribution in [1.82, 2.24) is 24.5 Å². The molecule has 0 radical (unpaired) electrons. The van der Waals surface area contributed by atoms with Crippen LogP contribution in [0.15, 0.2) is 60.0 Å². The van der Waals surface area contributed by atoms with Crippen LogP contribution >= 0.6 is 11.3 Å². The van der Waals surface area contributed by atoms with Gasteiger partial charge >= 0.3 is 0 Å². The van der Waals surface area contributed by atoms with E-state index < -0.39 is 23.1 Å². The van der Waals surface area contributed by atoms with E-state index in [2.05, 4.69) is 15.1 Å². The van der Waals surface area contributed by atoms with Crippen molar-refractivity contribution < 1.29 is 13.6 Å². The summed E-state index contributed by atoms with van der Waals surface area (Å²) in [6.07, 6.45) is 0. The highest BCUT2D eigenvalue weighted by Gasteiger charge is 2.29. The maximum Gasteiger partial charge on any atom is 0.259 e. The third-order valence-electron chi connectivity index (χ3n) is 6.00. The molecule has 1 aliphatic heterocycles. The number of fused-ring (bicyclic) bond motifs is 3. The van der Waals surface area contributed by atoms with Crippen LogP contribution in [0.2, 0.25) is 0 Å². The Balaban J connectivity index is 1.37. The zero-order valence-corrected chi connectivity index (χ0v) is 18.7. The van der Waals surface area contributed by atoms with Gasteiger partial charge in [-0.1, -0.05) is 24.3 Å². The van der Waals surface area contributed by atoms with Gasteiger partial charge in [0.05, 0.1) is 10.4 Å². The first-order valence-electron chi connectivity index (χ1n) is 10.8. The van der Waals surface area contributed by atoms with Gasteiger partial charge in [-0.3, -0.25) is 4.79 Å². The van der Waals surface area contributed by atoms with E-state index >= 15 is 0 Å². The minimum absolute atomic E-state index is 0.305. The molecule has 34 heavy (non-hydrogen) atoms. The normalized spacial score (nSPS) is 14.3. The summed E-state index contributed by atoms with van der Waals surface area (Å²) in [5, 5.41) is 11.8. The maximum absolute atomic E-state index is 14.1. The topological polar surface area (TPSA) is 66.6 Å². The summed E-state index contributed by atoms with van der Waals surface area (Å²) >= 11 is 1.57. The number of carbonyl (C=O) groups is 1. The van der Waals surface area contributed by atoms with E-state index in [1.54, 1.807) is 11.3 Å². The Morgan fingerprint density at radius 3 is 2.38 bits per heavy atom. The molecule has 10 heteroatoms. The minimum Gasteiger partial charge on any atom is -0.338 e. The molecule has 0 N–H and O–H groups in total. The van der Waals surface area contributed by atoms with E-state index in [1.807, 2.05) is 46.2 Å².